The van der Waals surface area contributed by atoms with Crippen molar-refractivity contribution in [2.45, 2.75) is 19.8 Å². The Morgan fingerprint density at radius 2 is 1.68 bits per heavy atom. The van der Waals surface area contributed by atoms with Gasteiger partial charge in [0.15, 0.2) is 5.69 Å². The van der Waals surface area contributed by atoms with Gasteiger partial charge in [0, 0.05) is 12.0 Å². The van der Waals surface area contributed by atoms with Gasteiger partial charge in [-0.25, -0.2) is 14.3 Å². The molecule has 1 aromatic heterocycles. The summed E-state index contributed by atoms with van der Waals surface area (Å²) in [5.41, 5.74) is 1.30. The van der Waals surface area contributed by atoms with Crippen molar-refractivity contribution in [3.8, 4) is 22.7 Å². The van der Waals surface area contributed by atoms with Crippen LogP contribution in [0.4, 0.5) is 0 Å². The van der Waals surface area contributed by atoms with Crippen molar-refractivity contribution in [1.82, 2.24) is 9.78 Å². The maximum Gasteiger partial charge on any atom is 0.357 e. The van der Waals surface area contributed by atoms with Crippen LogP contribution in [-0.4, -0.2) is 55.1 Å². The predicted octanol–water partition coefficient (Wildman–Crippen LogP) is 3.83. The number of methoxy groups -OCH3 is 2. The molecule has 1 heterocycles. The summed E-state index contributed by atoms with van der Waals surface area (Å²) in [5, 5.41) is 4.57. The third-order valence-corrected chi connectivity index (χ3v) is 4.86. The number of aromatic nitrogens is 2. The summed E-state index contributed by atoms with van der Waals surface area (Å²) >= 11 is 0. The zero-order valence-corrected chi connectivity index (χ0v) is 19.3. The Hall–Kier alpha value is -4.14. The van der Waals surface area contributed by atoms with Crippen LogP contribution in [0.2, 0.25) is 0 Å². The summed E-state index contributed by atoms with van der Waals surface area (Å²) < 4.78 is 21.9. The van der Waals surface area contributed by atoms with Gasteiger partial charge >= 0.3 is 17.9 Å². The minimum absolute atomic E-state index is 0.0161. The van der Waals surface area contributed by atoms with E-state index in [4.69, 9.17) is 18.9 Å². The molecule has 0 fully saturated rings. The van der Waals surface area contributed by atoms with Gasteiger partial charge in [0.1, 0.15) is 17.0 Å². The molecule has 0 spiro atoms. The second kappa shape index (κ2) is 11.6. The van der Waals surface area contributed by atoms with Gasteiger partial charge in [-0.05, 0) is 37.6 Å². The van der Waals surface area contributed by atoms with Gasteiger partial charge in [0.05, 0.1) is 33.1 Å². The highest BCUT2D eigenvalue weighted by Gasteiger charge is 2.31. The molecule has 3 aromatic rings. The molecule has 0 amide bonds. The van der Waals surface area contributed by atoms with Crippen LogP contribution >= 0.6 is 0 Å². The summed E-state index contributed by atoms with van der Waals surface area (Å²) in [6, 6.07) is 15.9. The SMILES string of the molecule is CCOC(=O)CCCOc1cccc(-c2nn(-c3ccccc3)c(C(=O)OC)c2C(=O)OC)c1. The fraction of sp³-hybridized carbons (Fsp3) is 0.280. The average molecular weight is 466 g/mol. The van der Waals surface area contributed by atoms with E-state index in [1.807, 2.05) is 6.07 Å². The van der Waals surface area contributed by atoms with Gasteiger partial charge in [-0.3, -0.25) is 4.79 Å². The first-order valence-electron chi connectivity index (χ1n) is 10.7. The quantitative estimate of drug-likeness (QED) is 0.252. The van der Waals surface area contributed by atoms with E-state index < -0.39 is 11.9 Å². The van der Waals surface area contributed by atoms with Crippen LogP contribution in [-0.2, 0) is 19.0 Å². The number of benzene rings is 2. The van der Waals surface area contributed by atoms with Crippen LogP contribution in [0.15, 0.2) is 54.6 Å². The van der Waals surface area contributed by atoms with Crippen LogP contribution in [0.1, 0.15) is 40.6 Å². The molecule has 2 aromatic carbocycles. The Bertz CT molecular complexity index is 1160. The molecule has 0 saturated carbocycles. The standard InChI is InChI=1S/C25H26N2O7/c1-4-33-20(28)14-9-15-34-19-13-8-10-17(16-19)22-21(24(29)31-2)23(25(30)32-3)27(26-22)18-11-6-5-7-12-18/h5-8,10-13,16H,4,9,14-15H2,1-3H3. The van der Waals surface area contributed by atoms with Crippen LogP contribution in [0.3, 0.4) is 0 Å². The number of para-hydroxylation sites is 1. The Balaban J connectivity index is 1.98. The minimum Gasteiger partial charge on any atom is -0.494 e. The van der Waals surface area contributed by atoms with Gasteiger partial charge in [-0.2, -0.15) is 5.10 Å². The summed E-state index contributed by atoms with van der Waals surface area (Å²) in [6.07, 6.45) is 0.746. The molecule has 0 aliphatic rings. The van der Waals surface area contributed by atoms with Crippen molar-refractivity contribution < 1.29 is 33.3 Å². The van der Waals surface area contributed by atoms with Crippen LogP contribution in [0.25, 0.3) is 16.9 Å². The van der Waals surface area contributed by atoms with E-state index in [-0.39, 0.29) is 29.3 Å². The number of rotatable bonds is 10. The van der Waals surface area contributed by atoms with Crippen LogP contribution in [0.5, 0.6) is 5.75 Å². The van der Waals surface area contributed by atoms with Crippen LogP contribution < -0.4 is 4.74 Å². The molecule has 9 heteroatoms. The largest absolute Gasteiger partial charge is 0.494 e. The molecular formula is C25H26N2O7. The normalized spacial score (nSPS) is 10.4. The van der Waals surface area contributed by atoms with E-state index in [9.17, 15) is 14.4 Å². The van der Waals surface area contributed by atoms with Crippen LogP contribution in [0, 0.1) is 0 Å². The van der Waals surface area contributed by atoms with Crippen molar-refractivity contribution in [2.75, 3.05) is 27.4 Å². The van der Waals surface area contributed by atoms with E-state index in [0.29, 0.717) is 36.6 Å². The first-order chi connectivity index (χ1) is 16.5. The number of carbonyl (C=O) groups excluding carboxylic acids is 3. The molecular weight excluding hydrogens is 440 g/mol. The number of esters is 3. The van der Waals surface area contributed by atoms with Gasteiger partial charge in [0.2, 0.25) is 0 Å². The third kappa shape index (κ3) is 5.61. The van der Waals surface area contributed by atoms with E-state index in [0.717, 1.165) is 0 Å². The van der Waals surface area contributed by atoms with Crippen molar-refractivity contribution >= 4 is 17.9 Å². The molecule has 34 heavy (non-hydrogen) atoms. The Morgan fingerprint density at radius 3 is 2.35 bits per heavy atom. The summed E-state index contributed by atoms with van der Waals surface area (Å²) in [5.74, 6) is -1.21. The fourth-order valence-corrected chi connectivity index (χ4v) is 3.33. The maximum absolute atomic E-state index is 12.7. The highest BCUT2D eigenvalue weighted by molar-refractivity contribution is 6.06. The number of nitrogens with zero attached hydrogens (tertiary/aromatic N) is 2. The lowest BCUT2D eigenvalue weighted by atomic mass is 10.1. The number of ether oxygens (including phenoxy) is 4. The third-order valence-electron chi connectivity index (χ3n) is 4.86. The maximum atomic E-state index is 12.7. The average Bonchev–Trinajstić information content (AvgIpc) is 3.27. The molecule has 0 aliphatic carbocycles. The van der Waals surface area contributed by atoms with Gasteiger partial charge in [0.25, 0.3) is 0 Å². The summed E-state index contributed by atoms with van der Waals surface area (Å²) in [7, 11) is 2.46. The Morgan fingerprint density at radius 1 is 0.941 bits per heavy atom. The first kappa shape index (κ1) is 24.5. The van der Waals surface area contributed by atoms with Crippen molar-refractivity contribution in [1.29, 1.82) is 0 Å². The van der Waals surface area contributed by atoms with Gasteiger partial charge in [-0.1, -0.05) is 30.3 Å². The monoisotopic (exact) mass is 466 g/mol. The minimum atomic E-state index is -0.727. The molecule has 0 aliphatic heterocycles. The van der Waals surface area contributed by atoms with Crippen molar-refractivity contribution in [3.63, 3.8) is 0 Å². The second-order valence-electron chi connectivity index (χ2n) is 7.09. The van der Waals surface area contributed by atoms with E-state index >= 15 is 0 Å². The van der Waals surface area contributed by atoms with E-state index in [2.05, 4.69) is 5.10 Å². The zero-order chi connectivity index (χ0) is 24.5. The highest BCUT2D eigenvalue weighted by atomic mass is 16.5. The van der Waals surface area contributed by atoms with E-state index in [1.54, 1.807) is 55.5 Å². The fourth-order valence-electron chi connectivity index (χ4n) is 3.33. The first-order valence-corrected chi connectivity index (χ1v) is 10.7. The molecule has 0 radical (unpaired) electrons. The zero-order valence-electron chi connectivity index (χ0n) is 19.3. The topological polar surface area (TPSA) is 106 Å². The number of carbonyl (C=O) groups is 3. The molecule has 9 nitrogen and oxygen atoms in total. The lowest BCUT2D eigenvalue weighted by Gasteiger charge is -2.08. The molecule has 178 valence electrons. The van der Waals surface area contributed by atoms with Gasteiger partial charge in [-0.15, -0.1) is 0 Å². The Labute approximate surface area is 197 Å². The molecule has 0 N–H and O–H groups in total. The van der Waals surface area contributed by atoms with E-state index in [1.165, 1.54) is 18.9 Å². The molecule has 0 unspecified atom stereocenters. The highest BCUT2D eigenvalue weighted by Crippen LogP contribution is 2.31. The summed E-state index contributed by atoms with van der Waals surface area (Å²) in [4.78, 5) is 36.9. The number of hydrogen-bond acceptors (Lipinski definition) is 8. The lowest BCUT2D eigenvalue weighted by molar-refractivity contribution is -0.143. The summed E-state index contributed by atoms with van der Waals surface area (Å²) in [6.45, 7) is 2.40. The van der Waals surface area contributed by atoms with Crippen molar-refractivity contribution in [2.24, 2.45) is 0 Å². The molecule has 0 saturated heterocycles. The lowest BCUT2D eigenvalue weighted by Crippen LogP contribution is -2.15. The smallest absolute Gasteiger partial charge is 0.357 e. The van der Waals surface area contributed by atoms with Crippen molar-refractivity contribution in [3.05, 3.63) is 65.9 Å². The Kier molecular flexibility index (Phi) is 8.39. The predicted molar refractivity (Wildman–Crippen MR) is 123 cm³/mol. The van der Waals surface area contributed by atoms with Gasteiger partial charge < -0.3 is 18.9 Å². The molecule has 0 atom stereocenters. The number of hydrogen-bond donors (Lipinski definition) is 0. The molecule has 3 rings (SSSR count). The molecule has 0 bridgehead atoms. The second-order valence-corrected chi connectivity index (χ2v) is 7.09.